The molecule has 2 heterocycles. The van der Waals surface area contributed by atoms with E-state index in [0.29, 0.717) is 15.8 Å². The highest BCUT2D eigenvalue weighted by atomic mass is 32.1. The molecule has 112 valence electrons. The largest absolute Gasteiger partial charge is 0.508 e. The average molecular weight is 315 g/mol. The Labute approximate surface area is 129 Å². The normalized spacial score (nSPS) is 11.5. The molecular weight excluding hydrogens is 302 g/mol. The molecule has 0 spiro atoms. The van der Waals surface area contributed by atoms with Gasteiger partial charge in [-0.3, -0.25) is 4.79 Å². The SMILES string of the molecule is CCc1cc2c(=O)n(/N=C/c3ccc(O)cc3O)cnc2s1. The minimum atomic E-state index is -0.254. The summed E-state index contributed by atoms with van der Waals surface area (Å²) in [6.45, 7) is 2.02. The van der Waals surface area contributed by atoms with Gasteiger partial charge in [0.1, 0.15) is 22.7 Å². The number of phenols is 2. The van der Waals surface area contributed by atoms with Crippen molar-refractivity contribution in [2.45, 2.75) is 13.3 Å². The van der Waals surface area contributed by atoms with E-state index in [0.717, 1.165) is 16.0 Å². The monoisotopic (exact) mass is 315 g/mol. The number of hydrogen-bond donors (Lipinski definition) is 2. The molecule has 0 radical (unpaired) electrons. The fourth-order valence-electron chi connectivity index (χ4n) is 1.99. The van der Waals surface area contributed by atoms with E-state index >= 15 is 0 Å². The van der Waals surface area contributed by atoms with Gasteiger partial charge in [-0.25, -0.2) is 4.98 Å². The topological polar surface area (TPSA) is 87.7 Å². The van der Waals surface area contributed by atoms with Crippen LogP contribution in [0.25, 0.3) is 10.2 Å². The summed E-state index contributed by atoms with van der Waals surface area (Å²) in [5, 5.41) is 23.5. The van der Waals surface area contributed by atoms with Crippen molar-refractivity contribution in [3.8, 4) is 11.5 Å². The molecule has 1 aromatic carbocycles. The summed E-state index contributed by atoms with van der Waals surface area (Å²) < 4.78 is 1.13. The lowest BCUT2D eigenvalue weighted by Gasteiger charge is -2.00. The van der Waals surface area contributed by atoms with Crippen LogP contribution in [-0.2, 0) is 6.42 Å². The molecule has 3 rings (SSSR count). The summed E-state index contributed by atoms with van der Waals surface area (Å²) in [4.78, 5) is 18.3. The third kappa shape index (κ3) is 2.58. The van der Waals surface area contributed by atoms with E-state index in [1.807, 2.05) is 13.0 Å². The summed E-state index contributed by atoms with van der Waals surface area (Å²) in [5.74, 6) is -0.157. The highest BCUT2D eigenvalue weighted by molar-refractivity contribution is 7.18. The van der Waals surface area contributed by atoms with Crippen LogP contribution in [0.5, 0.6) is 11.5 Å². The number of aryl methyl sites for hydroxylation is 1. The minimum Gasteiger partial charge on any atom is -0.508 e. The first kappa shape index (κ1) is 14.3. The molecule has 7 heteroatoms. The van der Waals surface area contributed by atoms with E-state index in [1.54, 1.807) is 0 Å². The molecule has 0 saturated heterocycles. The van der Waals surface area contributed by atoms with Crippen molar-refractivity contribution in [3.05, 3.63) is 51.4 Å². The number of benzene rings is 1. The van der Waals surface area contributed by atoms with Gasteiger partial charge in [-0.2, -0.15) is 9.78 Å². The van der Waals surface area contributed by atoms with Crippen LogP contribution in [0.15, 0.2) is 40.5 Å². The van der Waals surface area contributed by atoms with Crippen molar-refractivity contribution in [2.75, 3.05) is 0 Å². The molecule has 0 amide bonds. The van der Waals surface area contributed by atoms with Crippen LogP contribution in [0.4, 0.5) is 0 Å². The maximum absolute atomic E-state index is 12.3. The number of aromatic nitrogens is 2. The Bertz CT molecular complexity index is 927. The molecule has 6 nitrogen and oxygen atoms in total. The Balaban J connectivity index is 2.01. The number of nitrogens with zero attached hydrogens (tertiary/aromatic N) is 3. The van der Waals surface area contributed by atoms with Crippen LogP contribution >= 0.6 is 11.3 Å². The van der Waals surface area contributed by atoms with Crippen LogP contribution in [0, 0.1) is 0 Å². The Morgan fingerprint density at radius 2 is 2.18 bits per heavy atom. The van der Waals surface area contributed by atoms with Crippen LogP contribution in [0.1, 0.15) is 17.4 Å². The van der Waals surface area contributed by atoms with Crippen LogP contribution in [0.3, 0.4) is 0 Å². The molecule has 0 atom stereocenters. The van der Waals surface area contributed by atoms with Crippen LogP contribution in [-0.4, -0.2) is 26.1 Å². The number of thiophene rings is 1. The molecule has 2 N–H and O–H groups in total. The predicted molar refractivity (Wildman–Crippen MR) is 86.0 cm³/mol. The number of rotatable bonds is 3. The molecule has 0 aliphatic heterocycles. The molecule has 0 unspecified atom stereocenters. The highest BCUT2D eigenvalue weighted by Crippen LogP contribution is 2.22. The zero-order valence-corrected chi connectivity index (χ0v) is 12.5. The number of fused-ring (bicyclic) bond motifs is 1. The van der Waals surface area contributed by atoms with E-state index in [4.69, 9.17) is 0 Å². The van der Waals surface area contributed by atoms with Crippen molar-refractivity contribution in [1.29, 1.82) is 0 Å². The van der Waals surface area contributed by atoms with Gasteiger partial charge in [-0.05, 0) is 24.6 Å². The second kappa shape index (κ2) is 5.61. The highest BCUT2D eigenvalue weighted by Gasteiger charge is 2.07. The third-order valence-electron chi connectivity index (χ3n) is 3.17. The zero-order valence-electron chi connectivity index (χ0n) is 11.7. The predicted octanol–water partition coefficient (Wildman–Crippen LogP) is 2.31. The van der Waals surface area contributed by atoms with Gasteiger partial charge in [0.2, 0.25) is 0 Å². The smallest absolute Gasteiger partial charge is 0.282 e. The lowest BCUT2D eigenvalue weighted by Crippen LogP contribution is -2.16. The second-order valence-corrected chi connectivity index (χ2v) is 5.78. The fraction of sp³-hybridized carbons (Fsp3) is 0.133. The minimum absolute atomic E-state index is 0.0414. The van der Waals surface area contributed by atoms with Crippen molar-refractivity contribution in [2.24, 2.45) is 5.10 Å². The number of hydrogen-bond acceptors (Lipinski definition) is 6. The van der Waals surface area contributed by atoms with Gasteiger partial charge in [-0.15, -0.1) is 11.3 Å². The number of aromatic hydroxyl groups is 2. The summed E-state index contributed by atoms with van der Waals surface area (Å²) in [5.41, 5.74) is 0.139. The molecular formula is C15H13N3O3S. The Kier molecular flexibility index (Phi) is 3.64. The standard InChI is InChI=1S/C15H13N3O3S/c1-2-11-6-12-14(22-11)16-8-18(15(12)21)17-7-9-3-4-10(19)5-13(9)20/h3-8,19-20H,2H2,1H3/b17-7+. The molecule has 2 aromatic heterocycles. The molecule has 0 fully saturated rings. The van der Waals surface area contributed by atoms with Crippen LogP contribution in [0.2, 0.25) is 0 Å². The summed E-state index contributed by atoms with van der Waals surface area (Å²) >= 11 is 1.49. The summed E-state index contributed by atoms with van der Waals surface area (Å²) in [7, 11) is 0. The van der Waals surface area contributed by atoms with Gasteiger partial charge in [0.15, 0.2) is 0 Å². The quantitative estimate of drug-likeness (QED) is 0.726. The third-order valence-corrected chi connectivity index (χ3v) is 4.36. The lowest BCUT2D eigenvalue weighted by molar-refractivity contribution is 0.450. The van der Waals surface area contributed by atoms with Crippen molar-refractivity contribution in [1.82, 2.24) is 9.66 Å². The maximum atomic E-state index is 12.3. The molecule has 0 bridgehead atoms. The Morgan fingerprint density at radius 1 is 1.36 bits per heavy atom. The number of phenolic OH excluding ortho intramolecular Hbond substituents is 2. The molecule has 0 aliphatic carbocycles. The van der Waals surface area contributed by atoms with Crippen molar-refractivity contribution in [3.63, 3.8) is 0 Å². The van der Waals surface area contributed by atoms with Crippen molar-refractivity contribution >= 4 is 27.8 Å². The van der Waals surface area contributed by atoms with E-state index in [2.05, 4.69) is 10.1 Å². The first-order valence-corrected chi connectivity index (χ1v) is 7.46. The molecule has 3 aromatic rings. The zero-order chi connectivity index (χ0) is 15.7. The van der Waals surface area contributed by atoms with Gasteiger partial charge in [0, 0.05) is 16.5 Å². The van der Waals surface area contributed by atoms with Gasteiger partial charge >= 0.3 is 0 Å². The first-order valence-electron chi connectivity index (χ1n) is 6.65. The Hall–Kier alpha value is -2.67. The Morgan fingerprint density at radius 3 is 2.91 bits per heavy atom. The maximum Gasteiger partial charge on any atom is 0.282 e. The van der Waals surface area contributed by atoms with E-state index in [-0.39, 0.29) is 17.1 Å². The van der Waals surface area contributed by atoms with Gasteiger partial charge < -0.3 is 10.2 Å². The average Bonchev–Trinajstić information content (AvgIpc) is 2.92. The molecule has 0 aliphatic rings. The van der Waals surface area contributed by atoms with Crippen LogP contribution < -0.4 is 5.56 Å². The second-order valence-electron chi connectivity index (χ2n) is 4.67. The molecule has 0 saturated carbocycles. The van der Waals surface area contributed by atoms with E-state index in [1.165, 1.54) is 42.1 Å². The fourth-order valence-corrected chi connectivity index (χ4v) is 2.91. The van der Waals surface area contributed by atoms with Gasteiger partial charge in [0.25, 0.3) is 5.56 Å². The van der Waals surface area contributed by atoms with Gasteiger partial charge in [-0.1, -0.05) is 6.92 Å². The van der Waals surface area contributed by atoms with E-state index in [9.17, 15) is 15.0 Å². The first-order chi connectivity index (χ1) is 10.6. The summed E-state index contributed by atoms with van der Waals surface area (Å²) in [6.07, 6.45) is 3.55. The van der Waals surface area contributed by atoms with Crippen molar-refractivity contribution < 1.29 is 10.2 Å². The summed E-state index contributed by atoms with van der Waals surface area (Å²) in [6, 6.07) is 5.97. The van der Waals surface area contributed by atoms with Gasteiger partial charge in [0.05, 0.1) is 11.6 Å². The van der Waals surface area contributed by atoms with E-state index < -0.39 is 0 Å². The lowest BCUT2D eigenvalue weighted by atomic mass is 10.2. The molecule has 22 heavy (non-hydrogen) atoms.